The molecular formula is C26H19BrN6OS. The number of nitrogens with zero attached hydrogens (tertiary/aromatic N) is 5. The molecule has 0 saturated heterocycles. The summed E-state index contributed by atoms with van der Waals surface area (Å²) in [6.07, 6.45) is 0. The summed E-state index contributed by atoms with van der Waals surface area (Å²) in [5.74, 6) is 1.41. The van der Waals surface area contributed by atoms with Gasteiger partial charge in [0.25, 0.3) is 0 Å². The molecule has 35 heavy (non-hydrogen) atoms. The number of nitrogens with one attached hydrogen (secondary N) is 1. The highest BCUT2D eigenvalue weighted by molar-refractivity contribution is 9.10. The van der Waals surface area contributed by atoms with Crippen molar-refractivity contribution in [2.45, 2.75) is 12.1 Å². The van der Waals surface area contributed by atoms with E-state index in [1.54, 1.807) is 16.4 Å². The first-order chi connectivity index (χ1) is 17.2. The molecular weight excluding hydrogens is 524 g/mol. The van der Waals surface area contributed by atoms with E-state index < -0.39 is 0 Å². The molecule has 0 aliphatic rings. The van der Waals surface area contributed by atoms with E-state index in [4.69, 9.17) is 5.10 Å². The van der Waals surface area contributed by atoms with Crippen molar-refractivity contribution in [1.82, 2.24) is 29.5 Å². The predicted octanol–water partition coefficient (Wildman–Crippen LogP) is 5.99. The van der Waals surface area contributed by atoms with Crippen molar-refractivity contribution in [1.29, 1.82) is 0 Å². The van der Waals surface area contributed by atoms with Crippen molar-refractivity contribution in [2.24, 2.45) is 0 Å². The first kappa shape index (κ1) is 21.8. The predicted molar refractivity (Wildman–Crippen MR) is 144 cm³/mol. The molecule has 0 amide bonds. The van der Waals surface area contributed by atoms with E-state index in [-0.39, 0.29) is 5.43 Å². The fourth-order valence-corrected chi connectivity index (χ4v) is 5.23. The normalized spacial score (nSPS) is 11.5. The largest absolute Gasteiger partial charge is 0.351 e. The van der Waals surface area contributed by atoms with E-state index in [9.17, 15) is 4.79 Å². The fraction of sp³-hybridized carbons (Fsp3) is 0.0769. The first-order valence-corrected chi connectivity index (χ1v) is 12.9. The van der Waals surface area contributed by atoms with Crippen LogP contribution in [0.4, 0.5) is 0 Å². The molecule has 0 atom stereocenters. The van der Waals surface area contributed by atoms with E-state index in [0.717, 1.165) is 32.3 Å². The van der Waals surface area contributed by atoms with Gasteiger partial charge < -0.3 is 4.98 Å². The van der Waals surface area contributed by atoms with Gasteiger partial charge in [-0.25, -0.2) is 4.68 Å². The zero-order chi connectivity index (χ0) is 23.9. The molecule has 3 aromatic carbocycles. The summed E-state index contributed by atoms with van der Waals surface area (Å²) < 4.78 is 4.57. The van der Waals surface area contributed by atoms with Crippen LogP contribution in [0, 0.1) is 0 Å². The molecule has 0 aliphatic carbocycles. The first-order valence-electron chi connectivity index (χ1n) is 11.1. The maximum Gasteiger partial charge on any atom is 0.215 e. The highest BCUT2D eigenvalue weighted by Gasteiger charge is 2.25. The van der Waals surface area contributed by atoms with Gasteiger partial charge in [0.1, 0.15) is 11.0 Å². The zero-order valence-electron chi connectivity index (χ0n) is 18.6. The van der Waals surface area contributed by atoms with Crippen LogP contribution in [0.5, 0.6) is 0 Å². The second-order valence-corrected chi connectivity index (χ2v) is 10.0. The van der Waals surface area contributed by atoms with Crippen molar-refractivity contribution >= 4 is 49.6 Å². The van der Waals surface area contributed by atoms with E-state index >= 15 is 0 Å². The number of hydrogen-bond acceptors (Lipinski definition) is 5. The maximum atomic E-state index is 13.8. The summed E-state index contributed by atoms with van der Waals surface area (Å²) in [5, 5.41) is 15.3. The van der Waals surface area contributed by atoms with Gasteiger partial charge in [-0.05, 0) is 48.2 Å². The minimum atomic E-state index is -0.0993. The molecule has 0 radical (unpaired) electrons. The highest BCUT2D eigenvalue weighted by atomic mass is 79.9. The molecule has 0 aliphatic heterocycles. The summed E-state index contributed by atoms with van der Waals surface area (Å²) in [5.41, 5.74) is 3.98. The average molecular weight is 543 g/mol. The molecule has 6 aromatic rings. The van der Waals surface area contributed by atoms with Crippen LogP contribution in [-0.2, 0) is 0 Å². The number of para-hydroxylation sites is 2. The summed E-state index contributed by atoms with van der Waals surface area (Å²) in [7, 11) is 0. The number of pyridine rings is 1. The highest BCUT2D eigenvalue weighted by Crippen LogP contribution is 2.32. The Labute approximate surface area is 213 Å². The van der Waals surface area contributed by atoms with E-state index in [1.807, 2.05) is 83.4 Å². The number of aromatic nitrogens is 6. The Kier molecular flexibility index (Phi) is 5.50. The molecule has 1 N–H and O–H groups in total. The Hall–Kier alpha value is -3.69. The number of aromatic amines is 1. The van der Waals surface area contributed by atoms with Crippen molar-refractivity contribution in [3.63, 3.8) is 0 Å². The van der Waals surface area contributed by atoms with Gasteiger partial charge in [0.2, 0.25) is 5.43 Å². The molecule has 3 heterocycles. The minimum Gasteiger partial charge on any atom is -0.351 e. The second-order valence-electron chi connectivity index (χ2n) is 7.87. The number of benzene rings is 3. The number of thioether (sulfide) groups is 1. The van der Waals surface area contributed by atoms with Crippen LogP contribution in [0.25, 0.3) is 44.8 Å². The lowest BCUT2D eigenvalue weighted by Crippen LogP contribution is -2.09. The fourth-order valence-electron chi connectivity index (χ4n) is 4.19. The van der Waals surface area contributed by atoms with Crippen molar-refractivity contribution in [2.75, 3.05) is 5.75 Å². The average Bonchev–Trinajstić information content (AvgIpc) is 3.47. The van der Waals surface area contributed by atoms with Crippen LogP contribution in [0.1, 0.15) is 6.92 Å². The monoisotopic (exact) mass is 542 g/mol. The van der Waals surface area contributed by atoms with Crippen LogP contribution < -0.4 is 5.43 Å². The molecule has 6 rings (SSSR count). The second kappa shape index (κ2) is 8.83. The lowest BCUT2D eigenvalue weighted by molar-refractivity contribution is 0.877. The maximum absolute atomic E-state index is 13.8. The molecule has 172 valence electrons. The van der Waals surface area contributed by atoms with Crippen molar-refractivity contribution in [3.8, 4) is 22.9 Å². The topological polar surface area (TPSA) is 81.4 Å². The Morgan fingerprint density at radius 3 is 2.37 bits per heavy atom. The van der Waals surface area contributed by atoms with E-state index in [1.165, 1.54) is 0 Å². The van der Waals surface area contributed by atoms with Gasteiger partial charge >= 0.3 is 0 Å². The Balaban J connectivity index is 1.73. The molecule has 0 bridgehead atoms. The van der Waals surface area contributed by atoms with Crippen LogP contribution in [0.2, 0.25) is 0 Å². The van der Waals surface area contributed by atoms with Crippen LogP contribution in [-0.4, -0.2) is 35.3 Å². The number of fused-ring (bicyclic) bond motifs is 2. The summed E-state index contributed by atoms with van der Waals surface area (Å²) in [6.45, 7) is 2.08. The van der Waals surface area contributed by atoms with Gasteiger partial charge in [-0.3, -0.25) is 9.36 Å². The lowest BCUT2D eigenvalue weighted by Gasteiger charge is -2.08. The Morgan fingerprint density at radius 2 is 1.66 bits per heavy atom. The van der Waals surface area contributed by atoms with Crippen LogP contribution >= 0.6 is 27.7 Å². The minimum absolute atomic E-state index is 0.0993. The van der Waals surface area contributed by atoms with Gasteiger partial charge in [0, 0.05) is 15.5 Å². The number of rotatable bonds is 5. The number of halogens is 1. The van der Waals surface area contributed by atoms with Crippen LogP contribution in [0.15, 0.2) is 93.3 Å². The van der Waals surface area contributed by atoms with Gasteiger partial charge in [0.15, 0.2) is 16.7 Å². The van der Waals surface area contributed by atoms with Crippen molar-refractivity contribution < 1.29 is 0 Å². The van der Waals surface area contributed by atoms with Crippen molar-refractivity contribution in [3.05, 3.63) is 93.6 Å². The third kappa shape index (κ3) is 3.67. The molecule has 0 unspecified atom stereocenters. The summed E-state index contributed by atoms with van der Waals surface area (Å²) >= 11 is 5.12. The van der Waals surface area contributed by atoms with E-state index in [0.29, 0.717) is 27.9 Å². The van der Waals surface area contributed by atoms with E-state index in [2.05, 4.69) is 38.0 Å². The molecule has 7 nitrogen and oxygen atoms in total. The van der Waals surface area contributed by atoms with Gasteiger partial charge in [-0.2, -0.15) is 5.10 Å². The van der Waals surface area contributed by atoms with Gasteiger partial charge in [-0.15, -0.1) is 10.2 Å². The molecule has 0 spiro atoms. The third-order valence-corrected chi connectivity index (χ3v) is 7.02. The molecule has 0 fully saturated rings. The summed E-state index contributed by atoms with van der Waals surface area (Å²) in [6, 6.07) is 25.2. The lowest BCUT2D eigenvalue weighted by atomic mass is 10.1. The quantitative estimate of drug-likeness (QED) is 0.270. The number of hydrogen-bond donors (Lipinski definition) is 1. The zero-order valence-corrected chi connectivity index (χ0v) is 21.0. The van der Waals surface area contributed by atoms with Gasteiger partial charge in [0.05, 0.1) is 11.2 Å². The smallest absolute Gasteiger partial charge is 0.215 e. The van der Waals surface area contributed by atoms with Gasteiger partial charge in [-0.1, -0.05) is 71.0 Å². The third-order valence-electron chi connectivity index (χ3n) is 5.72. The standard InChI is InChI=1S/C26H19BrN6OS/c1-2-35-26-30-29-25(32(26)17-9-5-3-6-10-17)22-21-23(33(31-22)18-11-7-4-8-12-18)24(34)19-14-13-16(27)15-20(19)28-21/h3-15H,2H2,1H3,(H,28,34). The molecule has 3 aromatic heterocycles. The SMILES string of the molecule is CCSc1nnc(-c2nn(-c3ccccc3)c3c(=O)c4ccc(Br)cc4[nH]c23)n1-c1ccccc1. The Morgan fingerprint density at radius 1 is 0.943 bits per heavy atom. The van der Waals surface area contributed by atoms with Crippen LogP contribution in [0.3, 0.4) is 0 Å². The Bertz CT molecular complexity index is 1740. The molecule has 9 heteroatoms. The summed E-state index contributed by atoms with van der Waals surface area (Å²) in [4.78, 5) is 17.2. The molecule has 0 saturated carbocycles. The number of H-pyrrole nitrogens is 1.